The smallest absolute Gasteiger partial charge is 0.241 e. The van der Waals surface area contributed by atoms with E-state index < -0.39 is 0 Å². The molecule has 2 atom stereocenters. The van der Waals surface area contributed by atoms with E-state index in [-0.39, 0.29) is 11.9 Å². The lowest BCUT2D eigenvalue weighted by Crippen LogP contribution is -2.45. The van der Waals surface area contributed by atoms with Crippen LogP contribution in [0, 0.1) is 0 Å². The summed E-state index contributed by atoms with van der Waals surface area (Å²) in [7, 11) is 0. The van der Waals surface area contributed by atoms with Crippen LogP contribution >= 0.6 is 11.3 Å². The van der Waals surface area contributed by atoms with Gasteiger partial charge >= 0.3 is 0 Å². The first-order valence-electron chi connectivity index (χ1n) is 10.2. The molecule has 0 aliphatic carbocycles. The zero-order valence-corrected chi connectivity index (χ0v) is 17.0. The molecule has 3 aromatic rings. The lowest BCUT2D eigenvalue weighted by molar-refractivity contribution is -0.120. The molecule has 2 aromatic carbocycles. The van der Waals surface area contributed by atoms with Crippen LogP contribution < -0.4 is 4.90 Å². The van der Waals surface area contributed by atoms with Crippen molar-refractivity contribution in [2.45, 2.75) is 38.1 Å². The highest BCUT2D eigenvalue weighted by molar-refractivity contribution is 7.18. The van der Waals surface area contributed by atoms with Gasteiger partial charge in [0.15, 0.2) is 0 Å². The molecule has 3 heterocycles. The molecule has 0 saturated carbocycles. The van der Waals surface area contributed by atoms with Gasteiger partial charge < -0.3 is 4.90 Å². The summed E-state index contributed by atoms with van der Waals surface area (Å²) >= 11 is 1.81. The predicted octanol–water partition coefficient (Wildman–Crippen LogP) is 4.45. The standard InChI is InChI=1S/C23H25N3OS/c1-16-13-17-7-2-4-10-20(17)26(16)22(27)15-25-12-6-8-18(14-25)23-24-19-9-3-5-11-21(19)28-23/h2-5,7,9-11,16,18H,6,8,12-15H2,1H3/t16-,18+/m1/s1. The fourth-order valence-electron chi connectivity index (χ4n) is 4.68. The number of hydrogen-bond acceptors (Lipinski definition) is 4. The monoisotopic (exact) mass is 391 g/mol. The van der Waals surface area contributed by atoms with Crippen molar-refractivity contribution in [1.29, 1.82) is 0 Å². The highest BCUT2D eigenvalue weighted by Gasteiger charge is 2.32. The molecule has 144 valence electrons. The number of aromatic nitrogens is 1. The van der Waals surface area contributed by atoms with E-state index in [9.17, 15) is 4.79 Å². The number of benzene rings is 2. The van der Waals surface area contributed by atoms with E-state index in [0.29, 0.717) is 12.5 Å². The van der Waals surface area contributed by atoms with Crippen LogP contribution in [0.25, 0.3) is 10.2 Å². The Morgan fingerprint density at radius 3 is 2.89 bits per heavy atom. The Balaban J connectivity index is 1.30. The molecule has 28 heavy (non-hydrogen) atoms. The van der Waals surface area contributed by atoms with Gasteiger partial charge in [0, 0.05) is 24.2 Å². The number of nitrogens with zero attached hydrogens (tertiary/aromatic N) is 3. The quantitative estimate of drug-likeness (QED) is 0.662. The van der Waals surface area contributed by atoms with Gasteiger partial charge in [0.05, 0.1) is 21.8 Å². The first-order valence-corrected chi connectivity index (χ1v) is 11.0. The van der Waals surface area contributed by atoms with E-state index in [1.165, 1.54) is 15.3 Å². The van der Waals surface area contributed by atoms with Crippen molar-refractivity contribution in [3.05, 3.63) is 59.1 Å². The van der Waals surface area contributed by atoms with Gasteiger partial charge in [-0.3, -0.25) is 9.69 Å². The molecule has 0 unspecified atom stereocenters. The minimum atomic E-state index is 0.224. The summed E-state index contributed by atoms with van der Waals surface area (Å²) in [5, 5.41) is 1.22. The molecule has 2 aliphatic rings. The molecule has 1 fully saturated rings. The van der Waals surface area contributed by atoms with Gasteiger partial charge in [0.2, 0.25) is 5.91 Å². The van der Waals surface area contributed by atoms with Crippen LogP contribution in [0.1, 0.15) is 36.3 Å². The number of piperidine rings is 1. The fraction of sp³-hybridized carbons (Fsp3) is 0.391. The number of hydrogen-bond donors (Lipinski definition) is 0. The Kier molecular flexibility index (Phi) is 4.65. The number of carbonyl (C=O) groups is 1. The van der Waals surface area contributed by atoms with Crippen molar-refractivity contribution >= 4 is 33.1 Å². The van der Waals surface area contributed by atoms with Crippen molar-refractivity contribution in [3.63, 3.8) is 0 Å². The Bertz CT molecular complexity index is 981. The molecule has 1 saturated heterocycles. The highest BCUT2D eigenvalue weighted by atomic mass is 32.1. The lowest BCUT2D eigenvalue weighted by atomic mass is 9.98. The van der Waals surface area contributed by atoms with E-state index in [1.807, 2.05) is 28.4 Å². The van der Waals surface area contributed by atoms with Gasteiger partial charge in [-0.2, -0.15) is 0 Å². The number of para-hydroxylation sites is 2. The summed E-state index contributed by atoms with van der Waals surface area (Å²) in [5.74, 6) is 0.657. The molecule has 1 aromatic heterocycles. The summed E-state index contributed by atoms with van der Waals surface area (Å²) in [6, 6.07) is 16.9. The number of anilines is 1. The molecule has 2 aliphatic heterocycles. The second kappa shape index (κ2) is 7.30. The SMILES string of the molecule is C[C@@H]1Cc2ccccc2N1C(=O)CN1CCC[C@H](c2nc3ccccc3s2)C1. The second-order valence-corrected chi connectivity index (χ2v) is 9.10. The molecular weight excluding hydrogens is 366 g/mol. The van der Waals surface area contributed by atoms with E-state index in [4.69, 9.17) is 4.98 Å². The Hall–Kier alpha value is -2.24. The van der Waals surface area contributed by atoms with E-state index in [0.717, 1.165) is 43.6 Å². The average Bonchev–Trinajstić information content (AvgIpc) is 3.28. The molecule has 0 N–H and O–H groups in total. The van der Waals surface area contributed by atoms with Crippen molar-refractivity contribution in [2.75, 3.05) is 24.5 Å². The average molecular weight is 392 g/mol. The first-order chi connectivity index (χ1) is 13.7. The van der Waals surface area contributed by atoms with Crippen LogP contribution in [0.2, 0.25) is 0 Å². The fourth-order valence-corrected chi connectivity index (χ4v) is 5.77. The third-order valence-corrected chi connectivity index (χ3v) is 7.20. The van der Waals surface area contributed by atoms with Gasteiger partial charge in [-0.05, 0) is 56.5 Å². The van der Waals surface area contributed by atoms with Crippen LogP contribution in [-0.4, -0.2) is 41.5 Å². The minimum Gasteiger partial charge on any atom is -0.308 e. The van der Waals surface area contributed by atoms with Gasteiger partial charge in [-0.25, -0.2) is 4.98 Å². The molecule has 5 heteroatoms. The third kappa shape index (κ3) is 3.23. The Morgan fingerprint density at radius 2 is 2.00 bits per heavy atom. The minimum absolute atomic E-state index is 0.224. The maximum Gasteiger partial charge on any atom is 0.241 e. The van der Waals surface area contributed by atoms with Crippen LogP contribution in [0.5, 0.6) is 0 Å². The second-order valence-electron chi connectivity index (χ2n) is 8.04. The normalized spacial score (nSPS) is 22.5. The summed E-state index contributed by atoms with van der Waals surface area (Å²) in [6.45, 7) is 4.57. The first kappa shape index (κ1) is 17.8. The Morgan fingerprint density at radius 1 is 1.18 bits per heavy atom. The van der Waals surface area contributed by atoms with E-state index in [1.54, 1.807) is 0 Å². The van der Waals surface area contributed by atoms with Crippen molar-refractivity contribution in [2.24, 2.45) is 0 Å². The highest BCUT2D eigenvalue weighted by Crippen LogP contribution is 2.34. The van der Waals surface area contributed by atoms with Gasteiger partial charge in [-0.15, -0.1) is 11.3 Å². The third-order valence-electron chi connectivity index (χ3n) is 6.00. The number of amides is 1. The number of carbonyl (C=O) groups excluding carboxylic acids is 1. The van der Waals surface area contributed by atoms with E-state index in [2.05, 4.69) is 48.2 Å². The topological polar surface area (TPSA) is 36.4 Å². The largest absolute Gasteiger partial charge is 0.308 e. The maximum atomic E-state index is 13.1. The van der Waals surface area contributed by atoms with Crippen molar-refractivity contribution < 1.29 is 4.79 Å². The molecule has 0 bridgehead atoms. The number of thiazole rings is 1. The zero-order valence-electron chi connectivity index (χ0n) is 16.2. The Labute approximate surface area is 169 Å². The maximum absolute atomic E-state index is 13.1. The number of fused-ring (bicyclic) bond motifs is 2. The van der Waals surface area contributed by atoms with Crippen LogP contribution in [0.4, 0.5) is 5.69 Å². The summed E-state index contributed by atoms with van der Waals surface area (Å²) in [5.41, 5.74) is 3.48. The summed E-state index contributed by atoms with van der Waals surface area (Å²) in [4.78, 5) is 22.3. The number of likely N-dealkylation sites (tertiary alicyclic amines) is 1. The van der Waals surface area contributed by atoms with Crippen LogP contribution in [-0.2, 0) is 11.2 Å². The molecule has 5 rings (SSSR count). The molecular formula is C23H25N3OS. The van der Waals surface area contributed by atoms with Crippen molar-refractivity contribution in [1.82, 2.24) is 9.88 Å². The van der Waals surface area contributed by atoms with Crippen LogP contribution in [0.15, 0.2) is 48.5 Å². The summed E-state index contributed by atoms with van der Waals surface area (Å²) in [6.07, 6.45) is 3.24. The van der Waals surface area contributed by atoms with Gasteiger partial charge in [0.1, 0.15) is 0 Å². The lowest BCUT2D eigenvalue weighted by Gasteiger charge is -2.33. The molecule has 0 radical (unpaired) electrons. The van der Waals surface area contributed by atoms with Gasteiger partial charge in [-0.1, -0.05) is 30.3 Å². The van der Waals surface area contributed by atoms with E-state index >= 15 is 0 Å². The molecule has 4 nitrogen and oxygen atoms in total. The van der Waals surface area contributed by atoms with Crippen LogP contribution in [0.3, 0.4) is 0 Å². The predicted molar refractivity (Wildman–Crippen MR) is 115 cm³/mol. The van der Waals surface area contributed by atoms with Gasteiger partial charge in [0.25, 0.3) is 0 Å². The number of rotatable bonds is 3. The zero-order chi connectivity index (χ0) is 19.1. The summed E-state index contributed by atoms with van der Waals surface area (Å²) < 4.78 is 1.26. The molecule has 0 spiro atoms. The molecule has 1 amide bonds. The van der Waals surface area contributed by atoms with Crippen molar-refractivity contribution in [3.8, 4) is 0 Å².